The van der Waals surface area contributed by atoms with Gasteiger partial charge in [-0.3, -0.25) is 9.88 Å². The van der Waals surface area contributed by atoms with Gasteiger partial charge in [0, 0.05) is 43.8 Å². The van der Waals surface area contributed by atoms with Crippen LogP contribution in [0, 0.1) is 5.41 Å². The van der Waals surface area contributed by atoms with Gasteiger partial charge < -0.3 is 20.7 Å². The van der Waals surface area contributed by atoms with Crippen LogP contribution in [0.25, 0.3) is 0 Å². The first-order valence-corrected chi connectivity index (χ1v) is 13.1. The highest BCUT2D eigenvalue weighted by atomic mass is 32.2. The fourth-order valence-electron chi connectivity index (χ4n) is 5.90. The van der Waals surface area contributed by atoms with E-state index in [9.17, 15) is 4.79 Å². The summed E-state index contributed by atoms with van der Waals surface area (Å²) in [5, 5.41) is 3.62. The zero-order valence-corrected chi connectivity index (χ0v) is 20.4. The Morgan fingerprint density at radius 2 is 2.00 bits per heavy atom. The molecule has 0 bridgehead atoms. The Labute approximate surface area is 212 Å². The minimum absolute atomic E-state index is 0.0234. The zero-order chi connectivity index (χ0) is 24.3. The molecular formula is C25H26N8O2S. The third kappa shape index (κ3) is 3.40. The molecule has 1 spiro atoms. The second kappa shape index (κ2) is 8.31. The van der Waals surface area contributed by atoms with E-state index in [1.54, 1.807) is 17.3 Å². The van der Waals surface area contributed by atoms with E-state index in [4.69, 9.17) is 15.5 Å². The highest BCUT2D eigenvalue weighted by Crippen LogP contribution is 2.50. The van der Waals surface area contributed by atoms with Crippen LogP contribution in [0.3, 0.4) is 0 Å². The number of rotatable bonds is 3. The first-order valence-electron chi connectivity index (χ1n) is 12.2. The molecule has 7 rings (SSSR count). The molecular weight excluding hydrogens is 476 g/mol. The monoisotopic (exact) mass is 502 g/mol. The van der Waals surface area contributed by atoms with E-state index in [0.29, 0.717) is 24.7 Å². The van der Waals surface area contributed by atoms with E-state index in [1.807, 2.05) is 24.5 Å². The van der Waals surface area contributed by atoms with Gasteiger partial charge in [0.1, 0.15) is 17.5 Å². The van der Waals surface area contributed by atoms with Gasteiger partial charge in [-0.1, -0.05) is 17.8 Å². The summed E-state index contributed by atoms with van der Waals surface area (Å²) in [5.41, 5.74) is 9.13. The quantitative estimate of drug-likeness (QED) is 0.556. The van der Waals surface area contributed by atoms with Crippen LogP contribution in [0.5, 0.6) is 5.75 Å². The number of anilines is 2. The molecule has 3 aromatic heterocycles. The lowest BCUT2D eigenvalue weighted by Gasteiger charge is -2.42. The van der Waals surface area contributed by atoms with Gasteiger partial charge in [0.25, 0.3) is 0 Å². The Hall–Kier alpha value is -3.44. The van der Waals surface area contributed by atoms with Crippen LogP contribution in [0.2, 0.25) is 0 Å². The molecule has 0 aromatic carbocycles. The molecule has 4 aliphatic rings. The second-order valence-corrected chi connectivity index (χ2v) is 10.9. The molecule has 2 saturated heterocycles. The molecule has 3 aromatic rings. The SMILES string of the molecule is N[C@@H]1c2cccnc2CC12CCN(c1cnc(Sc3ccnc4c3OCC3CNC(=O)N43)cn1)CC2. The van der Waals surface area contributed by atoms with E-state index < -0.39 is 0 Å². The number of carbonyl (C=O) groups is 1. The molecule has 1 aliphatic carbocycles. The van der Waals surface area contributed by atoms with Crippen LogP contribution in [-0.4, -0.2) is 58.3 Å². The number of aromatic nitrogens is 4. The van der Waals surface area contributed by atoms with Crippen LogP contribution in [0.15, 0.2) is 52.9 Å². The number of hydrogen-bond donors (Lipinski definition) is 2. The third-order valence-corrected chi connectivity index (χ3v) is 8.88. The van der Waals surface area contributed by atoms with Gasteiger partial charge in [-0.25, -0.2) is 19.7 Å². The summed E-state index contributed by atoms with van der Waals surface area (Å²) in [6.45, 7) is 2.80. The van der Waals surface area contributed by atoms with Crippen molar-refractivity contribution in [2.45, 2.75) is 41.3 Å². The van der Waals surface area contributed by atoms with Crippen molar-refractivity contribution < 1.29 is 9.53 Å². The number of fused-ring (bicyclic) bond motifs is 4. The molecule has 1 unspecified atom stereocenters. The molecule has 3 aliphatic heterocycles. The maximum Gasteiger partial charge on any atom is 0.323 e. The lowest BCUT2D eigenvalue weighted by molar-refractivity contribution is 0.186. The molecule has 36 heavy (non-hydrogen) atoms. The van der Waals surface area contributed by atoms with E-state index in [-0.39, 0.29) is 23.5 Å². The van der Waals surface area contributed by atoms with Crippen LogP contribution < -0.4 is 25.6 Å². The van der Waals surface area contributed by atoms with E-state index in [2.05, 4.69) is 31.2 Å². The predicted molar refractivity (Wildman–Crippen MR) is 134 cm³/mol. The number of pyridine rings is 2. The Balaban J connectivity index is 1.04. The maximum atomic E-state index is 12.3. The number of amides is 2. The third-order valence-electron chi connectivity index (χ3n) is 7.92. The average Bonchev–Trinajstić information content (AvgIpc) is 3.43. The van der Waals surface area contributed by atoms with Gasteiger partial charge in [0.15, 0.2) is 11.6 Å². The lowest BCUT2D eigenvalue weighted by Crippen LogP contribution is -2.44. The standard InChI is InChI=1S/C25H26N8O2S/c26-22-16-2-1-6-27-17(16)10-25(22)4-8-32(9-5-25)19-12-30-20(13-29-19)36-18-3-7-28-23-21(18)35-14-15-11-31-24(34)33(15)23/h1-3,6-7,12-13,15,22H,4-5,8-11,14,26H2,(H,31,34)/t15?,22-/m1/s1. The number of hydrogen-bond acceptors (Lipinski definition) is 9. The number of ether oxygens (including phenoxy) is 1. The van der Waals surface area contributed by atoms with Crippen molar-refractivity contribution in [3.63, 3.8) is 0 Å². The minimum atomic E-state index is -0.134. The zero-order valence-electron chi connectivity index (χ0n) is 19.6. The Kier molecular flexibility index (Phi) is 5.03. The van der Waals surface area contributed by atoms with Crippen molar-refractivity contribution in [1.29, 1.82) is 0 Å². The van der Waals surface area contributed by atoms with Crippen molar-refractivity contribution in [2.75, 3.05) is 36.0 Å². The Morgan fingerprint density at radius 1 is 1.11 bits per heavy atom. The predicted octanol–water partition coefficient (Wildman–Crippen LogP) is 2.55. The van der Waals surface area contributed by atoms with Crippen LogP contribution in [0.4, 0.5) is 16.4 Å². The minimum Gasteiger partial charge on any atom is -0.486 e. The van der Waals surface area contributed by atoms with Crippen molar-refractivity contribution in [3.8, 4) is 5.75 Å². The van der Waals surface area contributed by atoms with E-state index >= 15 is 0 Å². The van der Waals surface area contributed by atoms with Crippen molar-refractivity contribution in [3.05, 3.63) is 54.2 Å². The van der Waals surface area contributed by atoms with Crippen molar-refractivity contribution >= 4 is 29.4 Å². The summed E-state index contributed by atoms with van der Waals surface area (Å²) in [6.07, 6.45) is 10.2. The molecule has 2 amide bonds. The number of carbonyl (C=O) groups excluding carboxylic acids is 1. The molecule has 10 nitrogen and oxygen atoms in total. The summed E-state index contributed by atoms with van der Waals surface area (Å²) < 4.78 is 6.00. The average molecular weight is 503 g/mol. The second-order valence-electron chi connectivity index (χ2n) is 9.84. The van der Waals surface area contributed by atoms with Gasteiger partial charge in [-0.05, 0) is 42.4 Å². The first kappa shape index (κ1) is 21.8. The molecule has 184 valence electrons. The molecule has 2 atom stereocenters. The van der Waals surface area contributed by atoms with E-state index in [1.165, 1.54) is 17.3 Å². The van der Waals surface area contributed by atoms with Crippen molar-refractivity contribution in [1.82, 2.24) is 25.3 Å². The first-order chi connectivity index (χ1) is 17.6. The largest absolute Gasteiger partial charge is 0.486 e. The Bertz CT molecular complexity index is 1330. The fraction of sp³-hybridized carbons (Fsp3) is 0.400. The smallest absolute Gasteiger partial charge is 0.323 e. The number of urea groups is 1. The summed E-state index contributed by atoms with van der Waals surface area (Å²) in [5.74, 6) is 2.05. The summed E-state index contributed by atoms with van der Waals surface area (Å²) in [6, 6.07) is 5.88. The van der Waals surface area contributed by atoms with Crippen LogP contribution >= 0.6 is 11.8 Å². The number of piperidine rings is 1. The molecule has 2 fully saturated rings. The fourth-order valence-corrected chi connectivity index (χ4v) is 6.71. The van der Waals surface area contributed by atoms with Crippen LogP contribution in [-0.2, 0) is 6.42 Å². The molecule has 6 heterocycles. The molecule has 3 N–H and O–H groups in total. The topological polar surface area (TPSA) is 122 Å². The number of nitrogens with two attached hydrogens (primary N) is 1. The summed E-state index contributed by atoms with van der Waals surface area (Å²) in [7, 11) is 0. The molecule has 0 saturated carbocycles. The number of nitrogens with one attached hydrogen (secondary N) is 1. The maximum absolute atomic E-state index is 12.3. The van der Waals surface area contributed by atoms with E-state index in [0.717, 1.165) is 53.8 Å². The van der Waals surface area contributed by atoms with Gasteiger partial charge in [0.2, 0.25) is 0 Å². The number of nitrogens with zero attached hydrogens (tertiary/aromatic N) is 6. The lowest BCUT2D eigenvalue weighted by atomic mass is 9.73. The highest BCUT2D eigenvalue weighted by molar-refractivity contribution is 7.99. The van der Waals surface area contributed by atoms with Gasteiger partial charge in [-0.15, -0.1) is 0 Å². The van der Waals surface area contributed by atoms with Crippen molar-refractivity contribution in [2.24, 2.45) is 11.1 Å². The van der Waals surface area contributed by atoms with Gasteiger partial charge in [-0.2, -0.15) is 0 Å². The normalized spacial score (nSPS) is 23.6. The van der Waals surface area contributed by atoms with Gasteiger partial charge >= 0.3 is 6.03 Å². The highest BCUT2D eigenvalue weighted by Gasteiger charge is 2.46. The molecule has 11 heteroatoms. The van der Waals surface area contributed by atoms with Gasteiger partial charge in [0.05, 0.1) is 23.3 Å². The van der Waals surface area contributed by atoms with Crippen LogP contribution in [0.1, 0.15) is 30.1 Å². The summed E-state index contributed by atoms with van der Waals surface area (Å²) in [4.78, 5) is 35.5. The summed E-state index contributed by atoms with van der Waals surface area (Å²) >= 11 is 1.46. The Morgan fingerprint density at radius 3 is 2.81 bits per heavy atom. The molecule has 0 radical (unpaired) electrons.